The first-order valence-electron chi connectivity index (χ1n) is 6.19. The van der Waals surface area contributed by atoms with Gasteiger partial charge in [-0.2, -0.15) is 0 Å². The maximum Gasteiger partial charge on any atom is 0.137 e. The smallest absolute Gasteiger partial charge is 0.137 e. The molecule has 0 aliphatic carbocycles. The summed E-state index contributed by atoms with van der Waals surface area (Å²) in [6.45, 7) is 0.936. The zero-order valence-electron chi connectivity index (χ0n) is 10.1. The summed E-state index contributed by atoms with van der Waals surface area (Å²) in [4.78, 5) is 0. The molecule has 2 aromatic rings. The average Bonchev–Trinajstić information content (AvgIpc) is 3.04. The molecule has 1 aliphatic heterocycles. The third-order valence-corrected chi connectivity index (χ3v) is 3.13. The third kappa shape index (κ3) is 2.11. The average molecular weight is 245 g/mol. The Balaban J connectivity index is 1.83. The van der Waals surface area contributed by atoms with Crippen molar-refractivity contribution < 1.29 is 14.4 Å². The quantitative estimate of drug-likeness (QED) is 0.897. The van der Waals surface area contributed by atoms with Crippen LogP contribution in [0.2, 0.25) is 0 Å². The van der Waals surface area contributed by atoms with Crippen molar-refractivity contribution in [2.45, 2.75) is 19.3 Å². The summed E-state index contributed by atoms with van der Waals surface area (Å²) < 4.78 is 10.7. The van der Waals surface area contributed by atoms with Crippen molar-refractivity contribution in [2.75, 3.05) is 13.2 Å². The van der Waals surface area contributed by atoms with E-state index in [9.17, 15) is 0 Å². The molecule has 0 atom stereocenters. The topological polar surface area (TPSA) is 55.5 Å². The zero-order valence-corrected chi connectivity index (χ0v) is 10.1. The van der Waals surface area contributed by atoms with Gasteiger partial charge < -0.3 is 14.4 Å². The highest BCUT2D eigenvalue weighted by Crippen LogP contribution is 2.30. The fourth-order valence-electron chi connectivity index (χ4n) is 2.17. The van der Waals surface area contributed by atoms with Gasteiger partial charge in [0.25, 0.3) is 0 Å². The van der Waals surface area contributed by atoms with Crippen molar-refractivity contribution in [3.63, 3.8) is 0 Å². The van der Waals surface area contributed by atoms with Gasteiger partial charge in [0.15, 0.2) is 0 Å². The Morgan fingerprint density at radius 2 is 2.22 bits per heavy atom. The van der Waals surface area contributed by atoms with Crippen LogP contribution in [-0.4, -0.2) is 23.5 Å². The second-order valence-electron chi connectivity index (χ2n) is 4.43. The lowest BCUT2D eigenvalue weighted by Crippen LogP contribution is -1.86. The summed E-state index contributed by atoms with van der Waals surface area (Å²) in [6.07, 6.45) is 2.38. The molecule has 3 rings (SSSR count). The van der Waals surface area contributed by atoms with Crippen molar-refractivity contribution in [3.05, 3.63) is 35.6 Å². The fraction of sp³-hybridized carbons (Fsp3) is 0.357. The monoisotopic (exact) mass is 245 g/mol. The van der Waals surface area contributed by atoms with Crippen LogP contribution in [-0.2, 0) is 12.8 Å². The zero-order chi connectivity index (χ0) is 12.4. The molecule has 0 saturated heterocycles. The van der Waals surface area contributed by atoms with E-state index in [0.29, 0.717) is 6.42 Å². The number of aromatic nitrogens is 1. The summed E-state index contributed by atoms with van der Waals surface area (Å²) in [5.74, 6) is 1.79. The third-order valence-electron chi connectivity index (χ3n) is 3.13. The maximum absolute atomic E-state index is 8.78. The van der Waals surface area contributed by atoms with Gasteiger partial charge >= 0.3 is 0 Å². The van der Waals surface area contributed by atoms with Gasteiger partial charge in [0.2, 0.25) is 0 Å². The molecule has 1 N–H and O–H groups in total. The van der Waals surface area contributed by atoms with Gasteiger partial charge in [-0.25, -0.2) is 0 Å². The van der Waals surface area contributed by atoms with E-state index in [1.807, 2.05) is 18.2 Å². The Labute approximate surface area is 105 Å². The van der Waals surface area contributed by atoms with E-state index >= 15 is 0 Å². The molecule has 18 heavy (non-hydrogen) atoms. The van der Waals surface area contributed by atoms with Gasteiger partial charge in [-0.3, -0.25) is 0 Å². The number of aliphatic hydroxyl groups excluding tert-OH is 1. The number of aliphatic hydroxyl groups is 1. The first kappa shape index (κ1) is 11.3. The second kappa shape index (κ2) is 4.82. The molecule has 1 aromatic carbocycles. The van der Waals surface area contributed by atoms with Crippen molar-refractivity contribution in [1.29, 1.82) is 0 Å². The Morgan fingerprint density at radius 1 is 1.28 bits per heavy atom. The number of hydrogen-bond acceptors (Lipinski definition) is 4. The van der Waals surface area contributed by atoms with E-state index < -0.39 is 0 Å². The summed E-state index contributed by atoms with van der Waals surface area (Å²) in [7, 11) is 0. The van der Waals surface area contributed by atoms with Crippen molar-refractivity contribution in [3.8, 4) is 17.0 Å². The molecular formula is C14H15NO3. The van der Waals surface area contributed by atoms with Crippen LogP contribution < -0.4 is 4.74 Å². The van der Waals surface area contributed by atoms with E-state index in [-0.39, 0.29) is 6.61 Å². The van der Waals surface area contributed by atoms with Gasteiger partial charge in [0.1, 0.15) is 17.2 Å². The molecule has 2 heterocycles. The number of aryl methyl sites for hydroxylation is 1. The predicted molar refractivity (Wildman–Crippen MR) is 66.5 cm³/mol. The van der Waals surface area contributed by atoms with Crippen molar-refractivity contribution in [2.24, 2.45) is 0 Å². The van der Waals surface area contributed by atoms with Crippen molar-refractivity contribution in [1.82, 2.24) is 5.16 Å². The molecular weight excluding hydrogens is 230 g/mol. The van der Waals surface area contributed by atoms with Crippen LogP contribution in [0.1, 0.15) is 17.7 Å². The Hall–Kier alpha value is -1.81. The molecule has 0 bridgehead atoms. The van der Waals surface area contributed by atoms with E-state index in [1.54, 1.807) is 0 Å². The number of nitrogens with zero attached hydrogens (tertiary/aromatic N) is 1. The van der Waals surface area contributed by atoms with Gasteiger partial charge in [-0.15, -0.1) is 0 Å². The highest BCUT2D eigenvalue weighted by molar-refractivity contribution is 5.62. The molecule has 1 aliphatic rings. The molecule has 0 saturated carbocycles. The predicted octanol–water partition coefficient (Wildman–Crippen LogP) is 2.20. The lowest BCUT2D eigenvalue weighted by molar-refractivity contribution is 0.280. The molecule has 1 aromatic heterocycles. The highest BCUT2D eigenvalue weighted by Gasteiger charge is 2.14. The largest absolute Gasteiger partial charge is 0.493 e. The molecule has 0 radical (unpaired) electrons. The van der Waals surface area contributed by atoms with Gasteiger partial charge in [0, 0.05) is 31.1 Å². The Kier molecular flexibility index (Phi) is 3.02. The summed E-state index contributed by atoms with van der Waals surface area (Å²) in [5, 5.41) is 12.8. The standard InChI is InChI=1S/C14H15NO3/c16-6-1-2-12-9-13(15-18-12)10-3-4-14-11(8-10)5-7-17-14/h3-4,8-9,16H,1-2,5-7H2. The molecule has 0 fully saturated rings. The highest BCUT2D eigenvalue weighted by atomic mass is 16.5. The summed E-state index contributed by atoms with van der Waals surface area (Å²) >= 11 is 0. The van der Waals surface area contributed by atoms with Gasteiger partial charge in [0.05, 0.1) is 6.61 Å². The van der Waals surface area contributed by atoms with E-state index in [0.717, 1.165) is 42.2 Å². The van der Waals surface area contributed by atoms with Crippen LogP contribution >= 0.6 is 0 Å². The lowest BCUT2D eigenvalue weighted by Gasteiger charge is -2.00. The second-order valence-corrected chi connectivity index (χ2v) is 4.43. The van der Waals surface area contributed by atoms with Crippen LogP contribution in [0.4, 0.5) is 0 Å². The normalized spacial score (nSPS) is 13.4. The number of fused-ring (bicyclic) bond motifs is 1. The van der Waals surface area contributed by atoms with Crippen LogP contribution in [0.5, 0.6) is 5.75 Å². The number of rotatable bonds is 4. The van der Waals surface area contributed by atoms with Gasteiger partial charge in [-0.05, 0) is 30.2 Å². The van der Waals surface area contributed by atoms with Crippen LogP contribution in [0.25, 0.3) is 11.3 Å². The minimum atomic E-state index is 0.173. The molecule has 0 amide bonds. The minimum Gasteiger partial charge on any atom is -0.493 e. The van der Waals surface area contributed by atoms with Crippen molar-refractivity contribution >= 4 is 0 Å². The molecule has 94 valence electrons. The number of benzene rings is 1. The number of hydrogen-bond donors (Lipinski definition) is 1. The SMILES string of the molecule is OCCCc1cc(-c2ccc3c(c2)CCO3)no1. The Morgan fingerprint density at radius 3 is 3.11 bits per heavy atom. The van der Waals surface area contributed by atoms with Crippen LogP contribution in [0.15, 0.2) is 28.8 Å². The minimum absolute atomic E-state index is 0.173. The first-order valence-corrected chi connectivity index (χ1v) is 6.19. The Bertz CT molecular complexity index is 548. The van der Waals surface area contributed by atoms with Crippen LogP contribution in [0, 0.1) is 0 Å². The first-order chi connectivity index (χ1) is 8.86. The van der Waals surface area contributed by atoms with E-state index in [2.05, 4.69) is 11.2 Å². The van der Waals surface area contributed by atoms with Crippen LogP contribution in [0.3, 0.4) is 0 Å². The fourth-order valence-corrected chi connectivity index (χ4v) is 2.17. The molecule has 4 heteroatoms. The maximum atomic E-state index is 8.78. The lowest BCUT2D eigenvalue weighted by atomic mass is 10.1. The summed E-state index contributed by atoms with van der Waals surface area (Å²) in [5.41, 5.74) is 3.13. The number of ether oxygens (including phenoxy) is 1. The van der Waals surface area contributed by atoms with E-state index in [4.69, 9.17) is 14.4 Å². The molecule has 0 unspecified atom stereocenters. The van der Waals surface area contributed by atoms with E-state index in [1.165, 1.54) is 5.56 Å². The van der Waals surface area contributed by atoms with Gasteiger partial charge in [-0.1, -0.05) is 5.16 Å². The summed E-state index contributed by atoms with van der Waals surface area (Å²) in [6, 6.07) is 8.03. The molecule has 4 nitrogen and oxygen atoms in total. The molecule has 0 spiro atoms.